The van der Waals surface area contributed by atoms with Crippen LogP contribution in [0.5, 0.6) is 0 Å². The third kappa shape index (κ3) is 10.9. The van der Waals surface area contributed by atoms with Gasteiger partial charge in [0.25, 0.3) is 0 Å². The lowest BCUT2D eigenvalue weighted by molar-refractivity contribution is -0.345. The second-order valence-corrected chi connectivity index (χ2v) is 3.95. The number of halogens is 3. The van der Waals surface area contributed by atoms with E-state index in [0.29, 0.717) is 0 Å². The zero-order valence-electron chi connectivity index (χ0n) is 8.68. The van der Waals surface area contributed by atoms with E-state index in [-0.39, 0.29) is 12.0 Å². The van der Waals surface area contributed by atoms with E-state index in [0.717, 1.165) is 0 Å². The Kier molecular flexibility index (Phi) is 4.86. The predicted molar refractivity (Wildman–Crippen MR) is 43.9 cm³/mol. The van der Waals surface area contributed by atoms with Gasteiger partial charge in [0, 0.05) is 0 Å². The van der Waals surface area contributed by atoms with E-state index in [1.807, 2.05) is 0 Å². The average Bonchev–Trinajstić information content (AvgIpc) is 1.97. The van der Waals surface area contributed by atoms with Crippen molar-refractivity contribution in [3.8, 4) is 0 Å². The highest BCUT2D eigenvalue weighted by molar-refractivity contribution is 5.59. The molecule has 0 aromatic rings. The molecule has 0 spiro atoms. The molecule has 0 saturated carbocycles. The number of rotatable bonds is 3. The second-order valence-electron chi connectivity index (χ2n) is 3.95. The minimum atomic E-state index is -4.82. The molecule has 0 fully saturated rings. The summed E-state index contributed by atoms with van der Waals surface area (Å²) in [4.78, 5) is 10.7. The molecule has 0 aliphatic heterocycles. The zero-order valence-corrected chi connectivity index (χ0v) is 8.68. The fourth-order valence-corrected chi connectivity index (χ4v) is 0.461. The van der Waals surface area contributed by atoms with E-state index in [1.54, 1.807) is 20.8 Å². The third-order valence-corrected chi connectivity index (χ3v) is 1.02. The Morgan fingerprint density at radius 2 is 1.67 bits per heavy atom. The molecule has 0 heterocycles. The van der Waals surface area contributed by atoms with Crippen LogP contribution in [0, 0.1) is 5.41 Å². The van der Waals surface area contributed by atoms with Gasteiger partial charge < -0.3 is 9.47 Å². The van der Waals surface area contributed by atoms with Crippen molar-refractivity contribution >= 4 is 6.16 Å². The molecule has 0 aromatic heterocycles. The first-order valence-electron chi connectivity index (χ1n) is 4.10. The van der Waals surface area contributed by atoms with E-state index in [1.165, 1.54) is 0 Å². The molecule has 0 N–H and O–H groups in total. The standard InChI is InChI=1S/C8H13F3O4/c1-7(2,3)4-13-6(12)14-5-15-8(9,10)11/h4-5H2,1-3H3. The number of ether oxygens (including phenoxy) is 3. The molecule has 0 aromatic carbocycles. The molecule has 0 unspecified atom stereocenters. The Bertz CT molecular complexity index is 207. The summed E-state index contributed by atoms with van der Waals surface area (Å²) in [6, 6.07) is 0. The van der Waals surface area contributed by atoms with Gasteiger partial charge in [-0.2, -0.15) is 0 Å². The maximum absolute atomic E-state index is 11.4. The lowest BCUT2D eigenvalue weighted by Crippen LogP contribution is -2.22. The fraction of sp³-hybridized carbons (Fsp3) is 0.875. The molecule has 0 bridgehead atoms. The topological polar surface area (TPSA) is 44.8 Å². The summed E-state index contributed by atoms with van der Waals surface area (Å²) < 4.78 is 46.0. The van der Waals surface area contributed by atoms with Crippen LogP contribution in [-0.2, 0) is 14.2 Å². The van der Waals surface area contributed by atoms with Crippen LogP contribution < -0.4 is 0 Å². The molecule has 0 amide bonds. The molecule has 0 radical (unpaired) electrons. The van der Waals surface area contributed by atoms with E-state index in [9.17, 15) is 18.0 Å². The summed E-state index contributed by atoms with van der Waals surface area (Å²) in [7, 11) is 0. The van der Waals surface area contributed by atoms with Crippen molar-refractivity contribution in [2.45, 2.75) is 27.1 Å². The number of hydrogen-bond acceptors (Lipinski definition) is 4. The number of alkyl halides is 3. The molecule has 0 saturated heterocycles. The summed E-state index contributed by atoms with van der Waals surface area (Å²) in [6.45, 7) is 4.25. The van der Waals surface area contributed by atoms with Crippen LogP contribution in [0.1, 0.15) is 20.8 Å². The molecule has 0 rings (SSSR count). The van der Waals surface area contributed by atoms with E-state index in [4.69, 9.17) is 0 Å². The minimum Gasteiger partial charge on any atom is -0.434 e. The van der Waals surface area contributed by atoms with Crippen molar-refractivity contribution in [3.63, 3.8) is 0 Å². The Morgan fingerprint density at radius 1 is 1.13 bits per heavy atom. The van der Waals surface area contributed by atoms with E-state index in [2.05, 4.69) is 14.2 Å². The van der Waals surface area contributed by atoms with Crippen molar-refractivity contribution < 1.29 is 32.2 Å². The average molecular weight is 230 g/mol. The van der Waals surface area contributed by atoms with Gasteiger partial charge in [-0.15, -0.1) is 13.2 Å². The second kappa shape index (κ2) is 5.20. The molecular weight excluding hydrogens is 217 g/mol. The molecule has 0 aliphatic rings. The monoisotopic (exact) mass is 230 g/mol. The van der Waals surface area contributed by atoms with Crippen molar-refractivity contribution in [3.05, 3.63) is 0 Å². The van der Waals surface area contributed by atoms with Crippen LogP contribution in [0.15, 0.2) is 0 Å². The summed E-state index contributed by atoms with van der Waals surface area (Å²) in [5.41, 5.74) is -0.274. The minimum absolute atomic E-state index is 0.0534. The lowest BCUT2D eigenvalue weighted by atomic mass is 9.99. The van der Waals surface area contributed by atoms with Gasteiger partial charge in [-0.3, -0.25) is 4.74 Å². The Morgan fingerprint density at radius 3 is 2.07 bits per heavy atom. The molecule has 0 atom stereocenters. The maximum Gasteiger partial charge on any atom is 0.525 e. The summed E-state index contributed by atoms with van der Waals surface area (Å²) in [6.07, 6.45) is -6.00. The van der Waals surface area contributed by atoms with Gasteiger partial charge in [-0.25, -0.2) is 4.79 Å². The Labute approximate surface area is 85.3 Å². The van der Waals surface area contributed by atoms with Gasteiger partial charge in [0.15, 0.2) is 0 Å². The van der Waals surface area contributed by atoms with Crippen molar-refractivity contribution in [2.75, 3.05) is 13.4 Å². The van der Waals surface area contributed by atoms with Crippen LogP contribution >= 0.6 is 0 Å². The molecular formula is C8H13F3O4. The smallest absolute Gasteiger partial charge is 0.434 e. The predicted octanol–water partition coefficient (Wildman–Crippen LogP) is 2.68. The van der Waals surface area contributed by atoms with Gasteiger partial charge in [0.1, 0.15) is 0 Å². The maximum atomic E-state index is 11.4. The van der Waals surface area contributed by atoms with Gasteiger partial charge in [-0.05, 0) is 5.41 Å². The highest BCUT2D eigenvalue weighted by Crippen LogP contribution is 2.16. The molecule has 90 valence electrons. The van der Waals surface area contributed by atoms with Crippen LogP contribution in [0.25, 0.3) is 0 Å². The van der Waals surface area contributed by atoms with E-state index >= 15 is 0 Å². The number of carbonyl (C=O) groups is 1. The summed E-state index contributed by atoms with van der Waals surface area (Å²) in [5.74, 6) is 0. The molecule has 0 aliphatic carbocycles. The first-order chi connectivity index (χ1) is 6.60. The van der Waals surface area contributed by atoms with Crippen LogP contribution in [0.4, 0.5) is 18.0 Å². The van der Waals surface area contributed by atoms with Gasteiger partial charge in [0.2, 0.25) is 6.79 Å². The molecule has 4 nitrogen and oxygen atoms in total. The van der Waals surface area contributed by atoms with Crippen LogP contribution in [-0.4, -0.2) is 25.9 Å². The number of hydrogen-bond donors (Lipinski definition) is 0. The Balaban J connectivity index is 3.60. The van der Waals surface area contributed by atoms with E-state index < -0.39 is 19.3 Å². The van der Waals surface area contributed by atoms with Gasteiger partial charge in [0.05, 0.1) is 6.61 Å². The van der Waals surface area contributed by atoms with Crippen molar-refractivity contribution in [1.29, 1.82) is 0 Å². The number of carbonyl (C=O) groups excluding carboxylic acids is 1. The van der Waals surface area contributed by atoms with Crippen molar-refractivity contribution in [1.82, 2.24) is 0 Å². The quantitative estimate of drug-likeness (QED) is 0.552. The lowest BCUT2D eigenvalue weighted by Gasteiger charge is -2.17. The highest BCUT2D eigenvalue weighted by Gasteiger charge is 2.29. The SMILES string of the molecule is CC(C)(C)COC(=O)OCOC(F)(F)F. The first-order valence-corrected chi connectivity index (χ1v) is 4.10. The summed E-state index contributed by atoms with van der Waals surface area (Å²) in [5, 5.41) is 0. The fourth-order valence-electron chi connectivity index (χ4n) is 0.461. The van der Waals surface area contributed by atoms with Gasteiger partial charge in [-0.1, -0.05) is 20.8 Å². The highest BCUT2D eigenvalue weighted by atomic mass is 19.4. The first kappa shape index (κ1) is 14.0. The molecule has 7 heteroatoms. The normalized spacial score (nSPS) is 12.4. The van der Waals surface area contributed by atoms with Gasteiger partial charge >= 0.3 is 12.5 Å². The Hall–Kier alpha value is -0.980. The van der Waals surface area contributed by atoms with Crippen LogP contribution in [0.2, 0.25) is 0 Å². The molecule has 15 heavy (non-hydrogen) atoms. The summed E-state index contributed by atoms with van der Waals surface area (Å²) >= 11 is 0. The largest absolute Gasteiger partial charge is 0.525 e. The third-order valence-electron chi connectivity index (χ3n) is 1.02. The zero-order chi connectivity index (χ0) is 12.1. The van der Waals surface area contributed by atoms with Crippen LogP contribution in [0.3, 0.4) is 0 Å². The van der Waals surface area contributed by atoms with Crippen molar-refractivity contribution in [2.24, 2.45) is 5.41 Å².